The van der Waals surface area contributed by atoms with Crippen LogP contribution in [0.4, 0.5) is 0 Å². The van der Waals surface area contributed by atoms with E-state index in [0.717, 1.165) is 24.5 Å². The maximum absolute atomic E-state index is 5.63. The summed E-state index contributed by atoms with van der Waals surface area (Å²) in [5.41, 5.74) is 1.21. The van der Waals surface area contributed by atoms with Gasteiger partial charge in [0, 0.05) is 23.8 Å². The summed E-state index contributed by atoms with van der Waals surface area (Å²) in [6.07, 6.45) is 2.59. The van der Waals surface area contributed by atoms with Gasteiger partial charge in [-0.25, -0.2) is 4.98 Å². The van der Waals surface area contributed by atoms with Gasteiger partial charge in [0.05, 0.1) is 23.4 Å². The quantitative estimate of drug-likeness (QED) is 0.874. The van der Waals surface area contributed by atoms with Gasteiger partial charge in [-0.3, -0.25) is 0 Å². The maximum Gasteiger partial charge on any atom is 0.0897 e. The van der Waals surface area contributed by atoms with Crippen molar-refractivity contribution >= 4 is 11.3 Å². The molecule has 3 unspecified atom stereocenters. The van der Waals surface area contributed by atoms with Crippen LogP contribution >= 0.6 is 11.3 Å². The van der Waals surface area contributed by atoms with E-state index in [2.05, 4.69) is 29.5 Å². The van der Waals surface area contributed by atoms with Crippen molar-refractivity contribution in [1.82, 2.24) is 10.3 Å². The van der Waals surface area contributed by atoms with Crippen LogP contribution in [0.15, 0.2) is 5.38 Å². The Labute approximate surface area is 101 Å². The van der Waals surface area contributed by atoms with Crippen molar-refractivity contribution in [2.45, 2.75) is 38.8 Å². The molecule has 2 heterocycles. The van der Waals surface area contributed by atoms with Crippen molar-refractivity contribution in [3.63, 3.8) is 0 Å². The van der Waals surface area contributed by atoms with Crippen LogP contribution in [0.25, 0.3) is 0 Å². The van der Waals surface area contributed by atoms with E-state index >= 15 is 0 Å². The van der Waals surface area contributed by atoms with Gasteiger partial charge in [-0.15, -0.1) is 11.3 Å². The first-order chi connectivity index (χ1) is 7.69. The van der Waals surface area contributed by atoms with Gasteiger partial charge in [-0.05, 0) is 27.3 Å². The molecule has 4 heteroatoms. The third kappa shape index (κ3) is 2.81. The standard InChI is InChI=1S/C12H20N2OS/c1-8-4-10(6-15-8)12(13-3)5-11-7-16-9(2)14-11/h7-8,10,12-13H,4-6H2,1-3H3. The van der Waals surface area contributed by atoms with Crippen LogP contribution in [-0.2, 0) is 11.2 Å². The monoisotopic (exact) mass is 240 g/mol. The maximum atomic E-state index is 5.63. The van der Waals surface area contributed by atoms with E-state index in [1.165, 1.54) is 5.69 Å². The zero-order chi connectivity index (χ0) is 11.5. The zero-order valence-electron chi connectivity index (χ0n) is 10.2. The molecule has 16 heavy (non-hydrogen) atoms. The fourth-order valence-electron chi connectivity index (χ4n) is 2.36. The van der Waals surface area contributed by atoms with Crippen molar-refractivity contribution < 1.29 is 4.74 Å². The number of thiazole rings is 1. The molecule has 1 aromatic rings. The Morgan fingerprint density at radius 3 is 3.00 bits per heavy atom. The molecular weight excluding hydrogens is 220 g/mol. The van der Waals surface area contributed by atoms with E-state index in [1.54, 1.807) is 11.3 Å². The van der Waals surface area contributed by atoms with E-state index < -0.39 is 0 Å². The topological polar surface area (TPSA) is 34.2 Å². The van der Waals surface area contributed by atoms with Gasteiger partial charge in [-0.2, -0.15) is 0 Å². The van der Waals surface area contributed by atoms with Gasteiger partial charge in [-0.1, -0.05) is 0 Å². The summed E-state index contributed by atoms with van der Waals surface area (Å²) in [6, 6.07) is 0.492. The average Bonchev–Trinajstić information content (AvgIpc) is 2.84. The molecule has 0 amide bonds. The minimum atomic E-state index is 0.415. The number of hydrogen-bond donors (Lipinski definition) is 1. The van der Waals surface area contributed by atoms with Crippen LogP contribution in [0.2, 0.25) is 0 Å². The molecular formula is C12H20N2OS. The number of ether oxygens (including phenoxy) is 1. The number of aryl methyl sites for hydroxylation is 1. The smallest absolute Gasteiger partial charge is 0.0897 e. The Kier molecular flexibility index (Phi) is 3.95. The Morgan fingerprint density at radius 2 is 2.50 bits per heavy atom. The van der Waals surface area contributed by atoms with Crippen molar-refractivity contribution in [2.75, 3.05) is 13.7 Å². The molecule has 0 aliphatic carbocycles. The second-order valence-corrected chi connectivity index (χ2v) is 5.66. The summed E-state index contributed by atoms with van der Waals surface area (Å²) in [7, 11) is 2.03. The van der Waals surface area contributed by atoms with Crippen LogP contribution in [0, 0.1) is 12.8 Å². The first-order valence-corrected chi connectivity index (χ1v) is 6.77. The van der Waals surface area contributed by atoms with Crippen molar-refractivity contribution in [3.05, 3.63) is 16.1 Å². The fraction of sp³-hybridized carbons (Fsp3) is 0.750. The molecule has 3 nitrogen and oxygen atoms in total. The lowest BCUT2D eigenvalue weighted by Gasteiger charge is -2.20. The average molecular weight is 240 g/mol. The third-order valence-corrected chi connectivity index (χ3v) is 4.09. The van der Waals surface area contributed by atoms with E-state index in [9.17, 15) is 0 Å². The Bertz CT molecular complexity index is 340. The molecule has 1 aliphatic rings. The molecule has 1 aliphatic heterocycles. The van der Waals surface area contributed by atoms with Gasteiger partial charge in [0.1, 0.15) is 0 Å². The van der Waals surface area contributed by atoms with E-state index in [1.807, 2.05) is 7.05 Å². The van der Waals surface area contributed by atoms with Crippen LogP contribution in [0.3, 0.4) is 0 Å². The van der Waals surface area contributed by atoms with Crippen molar-refractivity contribution in [1.29, 1.82) is 0 Å². The summed E-state index contributed by atoms with van der Waals surface area (Å²) < 4.78 is 5.63. The number of hydrogen-bond acceptors (Lipinski definition) is 4. The molecule has 90 valence electrons. The van der Waals surface area contributed by atoms with E-state index in [-0.39, 0.29) is 0 Å². The molecule has 3 atom stereocenters. The molecule has 0 bridgehead atoms. The molecule has 1 fully saturated rings. The van der Waals surface area contributed by atoms with E-state index in [0.29, 0.717) is 18.1 Å². The van der Waals surface area contributed by atoms with Gasteiger partial charge >= 0.3 is 0 Å². The lowest BCUT2D eigenvalue weighted by atomic mass is 9.94. The molecule has 0 spiro atoms. The van der Waals surface area contributed by atoms with E-state index in [4.69, 9.17) is 4.74 Å². The minimum absolute atomic E-state index is 0.415. The normalized spacial score (nSPS) is 27.2. The number of rotatable bonds is 4. The number of nitrogens with one attached hydrogen (secondary N) is 1. The van der Waals surface area contributed by atoms with Crippen LogP contribution < -0.4 is 5.32 Å². The molecule has 0 saturated carbocycles. The lowest BCUT2D eigenvalue weighted by molar-refractivity contribution is 0.117. The van der Waals surface area contributed by atoms with Gasteiger partial charge in [0.25, 0.3) is 0 Å². The summed E-state index contributed by atoms with van der Waals surface area (Å²) in [5.74, 6) is 0.627. The molecule has 2 rings (SSSR count). The second-order valence-electron chi connectivity index (χ2n) is 4.60. The third-order valence-electron chi connectivity index (χ3n) is 3.26. The number of likely N-dealkylation sites (N-methyl/N-ethyl adjacent to an activating group) is 1. The van der Waals surface area contributed by atoms with Crippen LogP contribution in [0.5, 0.6) is 0 Å². The molecule has 0 aromatic carbocycles. The molecule has 1 saturated heterocycles. The highest BCUT2D eigenvalue weighted by Crippen LogP contribution is 2.24. The summed E-state index contributed by atoms with van der Waals surface area (Å²) in [6.45, 7) is 5.10. The predicted molar refractivity (Wildman–Crippen MR) is 66.9 cm³/mol. The number of aromatic nitrogens is 1. The second kappa shape index (κ2) is 5.25. The predicted octanol–water partition coefficient (Wildman–Crippen LogP) is 2.01. The molecule has 0 radical (unpaired) electrons. The van der Waals surface area contributed by atoms with Crippen LogP contribution in [0.1, 0.15) is 24.0 Å². The lowest BCUT2D eigenvalue weighted by Crippen LogP contribution is -2.36. The Morgan fingerprint density at radius 1 is 1.69 bits per heavy atom. The van der Waals surface area contributed by atoms with Crippen molar-refractivity contribution in [3.8, 4) is 0 Å². The number of nitrogens with zero attached hydrogens (tertiary/aromatic N) is 1. The Hall–Kier alpha value is -0.450. The fourth-order valence-corrected chi connectivity index (χ4v) is 2.99. The van der Waals surface area contributed by atoms with Gasteiger partial charge < -0.3 is 10.1 Å². The largest absolute Gasteiger partial charge is 0.378 e. The van der Waals surface area contributed by atoms with Gasteiger partial charge in [0.15, 0.2) is 0 Å². The SMILES string of the molecule is CNC(Cc1csc(C)n1)C1COC(C)C1. The summed E-state index contributed by atoms with van der Waals surface area (Å²) in [4.78, 5) is 4.53. The first kappa shape index (κ1) is 12.0. The highest BCUT2D eigenvalue weighted by Gasteiger charge is 2.29. The molecule has 1 aromatic heterocycles. The summed E-state index contributed by atoms with van der Waals surface area (Å²) >= 11 is 1.73. The minimum Gasteiger partial charge on any atom is -0.378 e. The first-order valence-electron chi connectivity index (χ1n) is 5.89. The molecule has 1 N–H and O–H groups in total. The van der Waals surface area contributed by atoms with Crippen LogP contribution in [-0.4, -0.2) is 30.8 Å². The highest BCUT2D eigenvalue weighted by atomic mass is 32.1. The van der Waals surface area contributed by atoms with Gasteiger partial charge in [0.2, 0.25) is 0 Å². The van der Waals surface area contributed by atoms with Crippen molar-refractivity contribution in [2.24, 2.45) is 5.92 Å². The zero-order valence-corrected chi connectivity index (χ0v) is 11.0. The Balaban J connectivity index is 1.95. The highest BCUT2D eigenvalue weighted by molar-refractivity contribution is 7.09. The summed E-state index contributed by atoms with van der Waals surface area (Å²) in [5, 5.41) is 6.73.